The first-order valence-corrected chi connectivity index (χ1v) is 10.4. The number of carbonyl (C=O) groups is 3. The molecule has 1 fully saturated rings. The summed E-state index contributed by atoms with van der Waals surface area (Å²) in [6.07, 6.45) is -1.06. The molecule has 28 heavy (non-hydrogen) atoms. The minimum atomic E-state index is -3.88. The van der Waals surface area contributed by atoms with E-state index in [0.717, 1.165) is 0 Å². The Balaban J connectivity index is 1.89. The number of carbonyl (C=O) groups excluding carboxylic acids is 3. The van der Waals surface area contributed by atoms with E-state index in [4.69, 9.17) is 4.74 Å². The number of ether oxygens (including phenoxy) is 1. The van der Waals surface area contributed by atoms with Crippen molar-refractivity contribution in [2.75, 3.05) is 26.2 Å². The highest BCUT2D eigenvalue weighted by molar-refractivity contribution is 7.89. The van der Waals surface area contributed by atoms with Crippen molar-refractivity contribution in [2.45, 2.75) is 37.8 Å². The molecule has 0 aromatic heterocycles. The predicted molar refractivity (Wildman–Crippen MR) is 101 cm³/mol. The molecule has 2 atom stereocenters. The van der Waals surface area contributed by atoms with Crippen LogP contribution >= 0.6 is 0 Å². The minimum Gasteiger partial charge on any atom is -0.451 e. The molecular weight excluding hydrogens is 386 g/mol. The van der Waals surface area contributed by atoms with Gasteiger partial charge >= 0.3 is 5.97 Å². The normalized spacial score (nSPS) is 17.0. The molecule has 2 amide bonds. The van der Waals surface area contributed by atoms with Crippen LogP contribution in [0.1, 0.15) is 20.8 Å². The van der Waals surface area contributed by atoms with Gasteiger partial charge in [-0.15, -0.1) is 0 Å². The molecule has 0 aliphatic carbocycles. The van der Waals surface area contributed by atoms with Gasteiger partial charge in [0.15, 0.2) is 6.10 Å². The van der Waals surface area contributed by atoms with Crippen LogP contribution in [0.25, 0.3) is 0 Å². The summed E-state index contributed by atoms with van der Waals surface area (Å²) in [7, 11) is -3.88. The van der Waals surface area contributed by atoms with Crippen LogP contribution in [0.2, 0.25) is 0 Å². The standard InChI is InChI=1S/C18H25N3O6S/c1-13(19-28(25,26)16-7-5-4-6-8-16)18(24)27-14(2)17(23)21-11-9-20(10-12-21)15(3)22/h4-8,13-14,19H,9-12H2,1-3H3/t13-,14?/m0/s1. The molecule has 1 heterocycles. The van der Waals surface area contributed by atoms with Crippen LogP contribution in [0.5, 0.6) is 0 Å². The van der Waals surface area contributed by atoms with Crippen molar-refractivity contribution < 1.29 is 27.5 Å². The Morgan fingerprint density at radius 2 is 1.54 bits per heavy atom. The maximum atomic E-state index is 12.4. The number of hydrogen-bond donors (Lipinski definition) is 1. The Hall–Kier alpha value is -2.46. The molecule has 10 heteroatoms. The second kappa shape index (κ2) is 9.16. The zero-order valence-corrected chi connectivity index (χ0v) is 16.9. The summed E-state index contributed by atoms with van der Waals surface area (Å²) in [5.74, 6) is -1.27. The zero-order valence-electron chi connectivity index (χ0n) is 16.1. The van der Waals surface area contributed by atoms with E-state index in [9.17, 15) is 22.8 Å². The summed E-state index contributed by atoms with van der Waals surface area (Å²) in [6.45, 7) is 5.83. The number of esters is 1. The van der Waals surface area contributed by atoms with E-state index in [2.05, 4.69) is 4.72 Å². The Morgan fingerprint density at radius 3 is 2.07 bits per heavy atom. The van der Waals surface area contributed by atoms with Crippen molar-refractivity contribution in [2.24, 2.45) is 0 Å². The third kappa shape index (κ3) is 5.52. The first kappa shape index (κ1) is 21.8. The maximum Gasteiger partial charge on any atom is 0.324 e. The molecule has 1 aliphatic heterocycles. The SMILES string of the molecule is CC(=O)N1CCN(C(=O)C(C)OC(=O)[C@H](C)NS(=O)(=O)c2ccccc2)CC1. The van der Waals surface area contributed by atoms with Gasteiger partial charge in [-0.25, -0.2) is 8.42 Å². The molecule has 154 valence electrons. The lowest BCUT2D eigenvalue weighted by molar-refractivity contribution is -0.161. The second-order valence-corrected chi connectivity index (χ2v) is 8.28. The fourth-order valence-electron chi connectivity index (χ4n) is 2.77. The third-order valence-electron chi connectivity index (χ3n) is 4.42. The number of benzene rings is 1. The van der Waals surface area contributed by atoms with Gasteiger partial charge in [-0.1, -0.05) is 18.2 Å². The van der Waals surface area contributed by atoms with Crippen molar-refractivity contribution >= 4 is 27.8 Å². The van der Waals surface area contributed by atoms with Crippen LogP contribution in [-0.2, 0) is 29.1 Å². The summed E-state index contributed by atoms with van der Waals surface area (Å²) in [6, 6.07) is 6.49. The van der Waals surface area contributed by atoms with Gasteiger partial charge in [0.25, 0.3) is 5.91 Å². The lowest BCUT2D eigenvalue weighted by Gasteiger charge is -2.35. The third-order valence-corrected chi connectivity index (χ3v) is 5.97. The van der Waals surface area contributed by atoms with E-state index < -0.39 is 28.1 Å². The average molecular weight is 411 g/mol. The van der Waals surface area contributed by atoms with Gasteiger partial charge in [0, 0.05) is 33.1 Å². The molecule has 9 nitrogen and oxygen atoms in total. The van der Waals surface area contributed by atoms with Gasteiger partial charge in [-0.05, 0) is 26.0 Å². The quantitative estimate of drug-likeness (QED) is 0.658. The topological polar surface area (TPSA) is 113 Å². The van der Waals surface area contributed by atoms with Crippen LogP contribution in [-0.4, -0.2) is 74.3 Å². The molecule has 0 radical (unpaired) electrons. The summed E-state index contributed by atoms with van der Waals surface area (Å²) in [4.78, 5) is 39.2. The second-order valence-electron chi connectivity index (χ2n) is 6.57. The van der Waals surface area contributed by atoms with Gasteiger partial charge in [0.2, 0.25) is 15.9 Å². The van der Waals surface area contributed by atoms with E-state index >= 15 is 0 Å². The van der Waals surface area contributed by atoms with Gasteiger partial charge in [-0.2, -0.15) is 4.72 Å². The number of amides is 2. The smallest absolute Gasteiger partial charge is 0.324 e. The first-order chi connectivity index (χ1) is 13.1. The molecule has 1 unspecified atom stereocenters. The average Bonchev–Trinajstić information content (AvgIpc) is 2.67. The van der Waals surface area contributed by atoms with E-state index in [1.165, 1.54) is 37.8 Å². The Labute approximate surface area is 164 Å². The maximum absolute atomic E-state index is 12.4. The van der Waals surface area contributed by atoms with Crippen LogP contribution in [0.4, 0.5) is 0 Å². The summed E-state index contributed by atoms with van der Waals surface area (Å²) < 4.78 is 31.9. The van der Waals surface area contributed by atoms with Gasteiger partial charge in [0.05, 0.1) is 4.90 Å². The van der Waals surface area contributed by atoms with Crippen molar-refractivity contribution in [3.63, 3.8) is 0 Å². The van der Waals surface area contributed by atoms with E-state index in [0.29, 0.717) is 26.2 Å². The van der Waals surface area contributed by atoms with Crippen LogP contribution < -0.4 is 4.72 Å². The molecule has 1 aromatic carbocycles. The first-order valence-electron chi connectivity index (χ1n) is 8.94. The van der Waals surface area contributed by atoms with E-state index in [-0.39, 0.29) is 16.7 Å². The number of nitrogens with zero attached hydrogens (tertiary/aromatic N) is 2. The van der Waals surface area contributed by atoms with Crippen LogP contribution in [0.3, 0.4) is 0 Å². The van der Waals surface area contributed by atoms with Gasteiger partial charge < -0.3 is 14.5 Å². The van der Waals surface area contributed by atoms with Crippen molar-refractivity contribution in [3.8, 4) is 0 Å². The lowest BCUT2D eigenvalue weighted by atomic mass is 10.2. The number of sulfonamides is 1. The highest BCUT2D eigenvalue weighted by atomic mass is 32.2. The van der Waals surface area contributed by atoms with Crippen molar-refractivity contribution in [3.05, 3.63) is 30.3 Å². The molecule has 0 saturated carbocycles. The van der Waals surface area contributed by atoms with Crippen molar-refractivity contribution in [1.29, 1.82) is 0 Å². The number of piperazine rings is 1. The summed E-state index contributed by atoms with van der Waals surface area (Å²) in [5, 5.41) is 0. The highest BCUT2D eigenvalue weighted by Crippen LogP contribution is 2.10. The lowest BCUT2D eigenvalue weighted by Crippen LogP contribution is -2.53. The van der Waals surface area contributed by atoms with Crippen LogP contribution in [0.15, 0.2) is 35.2 Å². The number of hydrogen-bond acceptors (Lipinski definition) is 6. The molecule has 1 saturated heterocycles. The number of rotatable bonds is 6. The van der Waals surface area contributed by atoms with Gasteiger partial charge in [0.1, 0.15) is 6.04 Å². The Morgan fingerprint density at radius 1 is 1.00 bits per heavy atom. The molecule has 0 bridgehead atoms. The molecular formula is C18H25N3O6S. The molecule has 0 spiro atoms. The molecule has 1 N–H and O–H groups in total. The Kier molecular flexibility index (Phi) is 7.14. The van der Waals surface area contributed by atoms with Crippen LogP contribution in [0, 0.1) is 0 Å². The largest absolute Gasteiger partial charge is 0.451 e. The predicted octanol–water partition coefficient (Wildman–Crippen LogP) is -0.0242. The monoisotopic (exact) mass is 411 g/mol. The highest BCUT2D eigenvalue weighted by Gasteiger charge is 2.30. The number of nitrogens with one attached hydrogen (secondary N) is 1. The van der Waals surface area contributed by atoms with Crippen molar-refractivity contribution in [1.82, 2.24) is 14.5 Å². The fraction of sp³-hybridized carbons (Fsp3) is 0.500. The van der Waals surface area contributed by atoms with Gasteiger partial charge in [-0.3, -0.25) is 14.4 Å². The fourth-order valence-corrected chi connectivity index (χ4v) is 3.99. The minimum absolute atomic E-state index is 0.0297. The molecule has 1 aliphatic rings. The molecule has 1 aromatic rings. The summed E-state index contributed by atoms with van der Waals surface area (Å²) in [5.41, 5.74) is 0. The molecule has 2 rings (SSSR count). The zero-order chi connectivity index (χ0) is 20.9. The Bertz CT molecular complexity index is 819. The van der Waals surface area contributed by atoms with E-state index in [1.54, 1.807) is 23.1 Å². The summed E-state index contributed by atoms with van der Waals surface area (Å²) >= 11 is 0. The van der Waals surface area contributed by atoms with E-state index in [1.807, 2.05) is 0 Å².